The van der Waals surface area contributed by atoms with E-state index in [4.69, 9.17) is 4.74 Å². The largest absolute Gasteiger partial charge is 0.454 e. The van der Waals surface area contributed by atoms with Gasteiger partial charge in [-0.2, -0.15) is 11.3 Å². The van der Waals surface area contributed by atoms with Gasteiger partial charge in [-0.15, -0.1) is 0 Å². The number of carbonyl (C=O) groups is 4. The van der Waals surface area contributed by atoms with Crippen molar-refractivity contribution >= 4 is 35.2 Å². The van der Waals surface area contributed by atoms with Gasteiger partial charge in [0.1, 0.15) is 12.1 Å². The summed E-state index contributed by atoms with van der Waals surface area (Å²) in [5.74, 6) is -1.02. The third-order valence-corrected chi connectivity index (χ3v) is 7.11. The standard InChI is InChI=1S/C22H31N3O5S/c1-21(2,3)16-5-8-22(9-6-16)19(28)25(20(29)23-22)12-18(27)30-13-17(26)24(4)11-15-7-10-31-14-15/h7,10,14,16H,5-6,8-9,11-13H2,1-4H3,(H,23,29). The van der Waals surface area contributed by atoms with Crippen molar-refractivity contribution in [1.82, 2.24) is 15.1 Å². The number of urea groups is 1. The molecule has 1 saturated heterocycles. The predicted octanol–water partition coefficient (Wildman–Crippen LogP) is 2.78. The maximum absolute atomic E-state index is 13.0. The summed E-state index contributed by atoms with van der Waals surface area (Å²) in [6, 6.07) is 1.35. The molecule has 1 aromatic heterocycles. The molecule has 1 spiro atoms. The fraction of sp³-hybridized carbons (Fsp3) is 0.636. The van der Waals surface area contributed by atoms with Crippen LogP contribution in [0.3, 0.4) is 0 Å². The fourth-order valence-corrected chi connectivity index (χ4v) is 4.97. The van der Waals surface area contributed by atoms with Gasteiger partial charge in [0.15, 0.2) is 6.61 Å². The van der Waals surface area contributed by atoms with Crippen LogP contribution in [0.1, 0.15) is 52.0 Å². The molecule has 0 atom stereocenters. The summed E-state index contributed by atoms with van der Waals surface area (Å²) in [4.78, 5) is 52.2. The molecule has 3 rings (SSSR count). The smallest absolute Gasteiger partial charge is 0.326 e. The van der Waals surface area contributed by atoms with Crippen LogP contribution in [0.2, 0.25) is 0 Å². The van der Waals surface area contributed by atoms with E-state index in [0.29, 0.717) is 25.3 Å². The molecule has 8 nitrogen and oxygen atoms in total. The van der Waals surface area contributed by atoms with Gasteiger partial charge < -0.3 is 15.0 Å². The van der Waals surface area contributed by atoms with Gasteiger partial charge in [-0.05, 0) is 59.4 Å². The van der Waals surface area contributed by atoms with Crippen molar-refractivity contribution < 1.29 is 23.9 Å². The van der Waals surface area contributed by atoms with Gasteiger partial charge >= 0.3 is 12.0 Å². The Balaban J connectivity index is 1.49. The molecule has 1 aliphatic carbocycles. The lowest BCUT2D eigenvalue weighted by Gasteiger charge is -2.40. The second-order valence-corrected chi connectivity index (χ2v) is 10.4. The lowest BCUT2D eigenvalue weighted by molar-refractivity contribution is -0.153. The van der Waals surface area contributed by atoms with Crippen molar-refractivity contribution in [2.45, 2.75) is 58.5 Å². The van der Waals surface area contributed by atoms with Gasteiger partial charge in [-0.3, -0.25) is 19.3 Å². The first-order chi connectivity index (χ1) is 14.5. The second-order valence-electron chi connectivity index (χ2n) is 9.59. The molecular formula is C22H31N3O5S. The van der Waals surface area contributed by atoms with E-state index in [0.717, 1.165) is 23.3 Å². The van der Waals surface area contributed by atoms with Crippen LogP contribution in [0.15, 0.2) is 16.8 Å². The summed E-state index contributed by atoms with van der Waals surface area (Å²) >= 11 is 1.54. The number of esters is 1. The highest BCUT2D eigenvalue weighted by molar-refractivity contribution is 7.07. The number of imide groups is 1. The molecule has 2 fully saturated rings. The SMILES string of the molecule is CN(Cc1ccsc1)C(=O)COC(=O)CN1C(=O)NC2(CCC(C(C)(C)C)CC2)C1=O. The van der Waals surface area contributed by atoms with Gasteiger partial charge in [-0.25, -0.2) is 4.79 Å². The van der Waals surface area contributed by atoms with Crippen molar-refractivity contribution in [2.75, 3.05) is 20.2 Å². The Kier molecular flexibility index (Phi) is 6.73. The summed E-state index contributed by atoms with van der Waals surface area (Å²) < 4.78 is 5.04. The molecule has 0 radical (unpaired) electrons. The van der Waals surface area contributed by atoms with Gasteiger partial charge in [0, 0.05) is 13.6 Å². The van der Waals surface area contributed by atoms with E-state index in [2.05, 4.69) is 26.1 Å². The molecular weight excluding hydrogens is 418 g/mol. The van der Waals surface area contributed by atoms with Crippen molar-refractivity contribution in [3.05, 3.63) is 22.4 Å². The first-order valence-corrected chi connectivity index (χ1v) is 11.5. The van der Waals surface area contributed by atoms with E-state index in [9.17, 15) is 19.2 Å². The van der Waals surface area contributed by atoms with Gasteiger partial charge in [0.2, 0.25) is 0 Å². The quantitative estimate of drug-likeness (QED) is 0.532. The number of hydrogen-bond donors (Lipinski definition) is 1. The maximum Gasteiger partial charge on any atom is 0.326 e. The van der Waals surface area contributed by atoms with Crippen LogP contribution in [0, 0.1) is 11.3 Å². The van der Waals surface area contributed by atoms with Gasteiger partial charge in [0.25, 0.3) is 11.8 Å². The highest BCUT2D eigenvalue weighted by Gasteiger charge is 2.53. The van der Waals surface area contributed by atoms with E-state index >= 15 is 0 Å². The monoisotopic (exact) mass is 449 g/mol. The van der Waals surface area contributed by atoms with Crippen LogP contribution < -0.4 is 5.32 Å². The van der Waals surface area contributed by atoms with Crippen LogP contribution in [-0.4, -0.2) is 59.4 Å². The number of nitrogens with one attached hydrogen (secondary N) is 1. The first kappa shape index (κ1) is 23.2. The van der Waals surface area contributed by atoms with E-state index in [1.165, 1.54) is 4.90 Å². The molecule has 1 aromatic rings. The summed E-state index contributed by atoms with van der Waals surface area (Å²) in [7, 11) is 1.63. The molecule has 2 heterocycles. The molecule has 0 aromatic carbocycles. The molecule has 1 saturated carbocycles. The van der Waals surface area contributed by atoms with E-state index in [1.807, 2.05) is 16.8 Å². The summed E-state index contributed by atoms with van der Waals surface area (Å²) in [6.45, 7) is 6.06. The zero-order chi connectivity index (χ0) is 22.8. The number of thiophene rings is 1. The molecule has 0 bridgehead atoms. The molecule has 0 unspecified atom stereocenters. The molecule has 31 heavy (non-hydrogen) atoms. The topological polar surface area (TPSA) is 96.0 Å². The van der Waals surface area contributed by atoms with Gasteiger partial charge in [0.05, 0.1) is 0 Å². The average molecular weight is 450 g/mol. The van der Waals surface area contributed by atoms with Crippen molar-refractivity contribution in [2.24, 2.45) is 11.3 Å². The predicted molar refractivity (Wildman–Crippen MR) is 116 cm³/mol. The second kappa shape index (κ2) is 8.98. The van der Waals surface area contributed by atoms with Crippen molar-refractivity contribution in [3.8, 4) is 0 Å². The summed E-state index contributed by atoms with van der Waals surface area (Å²) in [6.07, 6.45) is 2.82. The lowest BCUT2D eigenvalue weighted by Crippen LogP contribution is -2.50. The highest BCUT2D eigenvalue weighted by atomic mass is 32.1. The Bertz CT molecular complexity index is 838. The van der Waals surface area contributed by atoms with Crippen LogP contribution in [0.4, 0.5) is 4.79 Å². The number of hydrogen-bond acceptors (Lipinski definition) is 6. The van der Waals surface area contributed by atoms with E-state index in [-0.39, 0.29) is 17.2 Å². The molecule has 170 valence electrons. The van der Waals surface area contributed by atoms with Crippen LogP contribution in [-0.2, 0) is 25.7 Å². The number of ether oxygens (including phenoxy) is 1. The highest BCUT2D eigenvalue weighted by Crippen LogP contribution is 2.43. The number of rotatable bonds is 6. The lowest BCUT2D eigenvalue weighted by atomic mass is 9.67. The summed E-state index contributed by atoms with van der Waals surface area (Å²) in [5.41, 5.74) is 0.230. The zero-order valence-electron chi connectivity index (χ0n) is 18.6. The minimum atomic E-state index is -0.921. The number of amides is 4. The minimum absolute atomic E-state index is 0.153. The van der Waals surface area contributed by atoms with Gasteiger partial charge in [-0.1, -0.05) is 20.8 Å². The Hall–Kier alpha value is -2.42. The van der Waals surface area contributed by atoms with E-state index in [1.54, 1.807) is 18.4 Å². The molecule has 4 amide bonds. The minimum Gasteiger partial charge on any atom is -0.454 e. The molecule has 1 aliphatic heterocycles. The molecule has 2 aliphatic rings. The third kappa shape index (κ3) is 5.26. The Morgan fingerprint density at radius 2 is 1.97 bits per heavy atom. The Morgan fingerprint density at radius 1 is 1.29 bits per heavy atom. The number of carbonyl (C=O) groups excluding carboxylic acids is 4. The average Bonchev–Trinajstić information content (AvgIpc) is 3.28. The van der Waals surface area contributed by atoms with Crippen LogP contribution in [0.5, 0.6) is 0 Å². The van der Waals surface area contributed by atoms with Crippen LogP contribution >= 0.6 is 11.3 Å². The number of nitrogens with zero attached hydrogens (tertiary/aromatic N) is 2. The zero-order valence-corrected chi connectivity index (χ0v) is 19.4. The van der Waals surface area contributed by atoms with E-state index < -0.39 is 30.7 Å². The van der Waals surface area contributed by atoms with Crippen LogP contribution in [0.25, 0.3) is 0 Å². The Labute approximate surface area is 186 Å². The normalized spacial score (nSPS) is 23.7. The summed E-state index contributed by atoms with van der Waals surface area (Å²) in [5, 5.41) is 6.68. The number of likely N-dealkylation sites (N-methyl/N-ethyl adjacent to an activating group) is 1. The molecule has 1 N–H and O–H groups in total. The van der Waals surface area contributed by atoms with Crippen molar-refractivity contribution in [1.29, 1.82) is 0 Å². The molecule has 9 heteroatoms. The maximum atomic E-state index is 13.0. The fourth-order valence-electron chi connectivity index (χ4n) is 4.31. The Morgan fingerprint density at radius 3 is 2.55 bits per heavy atom. The van der Waals surface area contributed by atoms with Crippen molar-refractivity contribution in [3.63, 3.8) is 0 Å². The first-order valence-electron chi connectivity index (χ1n) is 10.6. The third-order valence-electron chi connectivity index (χ3n) is 6.38.